The first-order chi connectivity index (χ1) is 15.0. The van der Waals surface area contributed by atoms with E-state index in [0.717, 1.165) is 11.1 Å². The van der Waals surface area contributed by atoms with Gasteiger partial charge in [-0.25, -0.2) is 0 Å². The number of hydrogen-bond donors (Lipinski definition) is 3. The van der Waals surface area contributed by atoms with Crippen molar-refractivity contribution >= 4 is 17.9 Å². The number of nitrogens with one attached hydrogen (secondary N) is 1. The largest absolute Gasteiger partial charge is 0.504 e. The molecule has 2 aromatic carbocycles. The Morgan fingerprint density at radius 2 is 1.45 bits per heavy atom. The molecule has 0 unspecified atom stereocenters. The van der Waals surface area contributed by atoms with Gasteiger partial charge in [-0.3, -0.25) is 4.79 Å². The van der Waals surface area contributed by atoms with Crippen molar-refractivity contribution in [3.8, 4) is 23.0 Å². The van der Waals surface area contributed by atoms with E-state index in [-0.39, 0.29) is 17.3 Å². The molecular formula is C24H27NO6. The van der Waals surface area contributed by atoms with Gasteiger partial charge in [-0.05, 0) is 47.5 Å². The first-order valence-electron chi connectivity index (χ1n) is 9.55. The number of benzene rings is 2. The molecule has 0 aliphatic rings. The number of rotatable bonds is 11. The molecule has 0 atom stereocenters. The molecule has 0 radical (unpaired) electrons. The lowest BCUT2D eigenvalue weighted by Gasteiger charge is -2.07. The number of aromatic hydroxyl groups is 2. The van der Waals surface area contributed by atoms with Crippen molar-refractivity contribution in [1.29, 1.82) is 0 Å². The SMILES string of the molecule is COCCNC(=C\C(=O)/C=C/c1ccc(O)c(OC)c1)/C=C/c1ccc(O)c(OC)c1. The van der Waals surface area contributed by atoms with E-state index in [9.17, 15) is 15.0 Å². The molecule has 0 aromatic heterocycles. The predicted molar refractivity (Wildman–Crippen MR) is 120 cm³/mol. The van der Waals surface area contributed by atoms with Crippen molar-refractivity contribution in [1.82, 2.24) is 5.32 Å². The van der Waals surface area contributed by atoms with Crippen LogP contribution in [0.3, 0.4) is 0 Å². The van der Waals surface area contributed by atoms with Crippen LogP contribution in [0.25, 0.3) is 12.2 Å². The Hall–Kier alpha value is -3.71. The highest BCUT2D eigenvalue weighted by molar-refractivity contribution is 6.02. The van der Waals surface area contributed by atoms with Gasteiger partial charge in [-0.1, -0.05) is 24.3 Å². The molecule has 0 amide bonds. The van der Waals surface area contributed by atoms with E-state index in [1.165, 1.54) is 32.4 Å². The third-order valence-electron chi connectivity index (χ3n) is 4.24. The maximum absolute atomic E-state index is 12.4. The minimum Gasteiger partial charge on any atom is -0.504 e. The molecule has 0 heterocycles. The summed E-state index contributed by atoms with van der Waals surface area (Å²) < 4.78 is 15.2. The summed E-state index contributed by atoms with van der Waals surface area (Å²) in [6.07, 6.45) is 8.10. The molecule has 2 aromatic rings. The first-order valence-corrected chi connectivity index (χ1v) is 9.55. The van der Waals surface area contributed by atoms with Crippen LogP contribution in [0, 0.1) is 0 Å². The van der Waals surface area contributed by atoms with E-state index in [1.807, 2.05) is 0 Å². The first kappa shape index (κ1) is 23.6. The second-order valence-electron chi connectivity index (χ2n) is 6.45. The van der Waals surface area contributed by atoms with Crippen LogP contribution in [0.15, 0.2) is 60.3 Å². The maximum atomic E-state index is 12.4. The van der Waals surface area contributed by atoms with Crippen molar-refractivity contribution in [3.05, 3.63) is 71.5 Å². The number of phenolic OH excluding ortho intramolecular Hbond substituents is 2. The van der Waals surface area contributed by atoms with Crippen LogP contribution in [-0.2, 0) is 9.53 Å². The van der Waals surface area contributed by atoms with Gasteiger partial charge < -0.3 is 29.7 Å². The van der Waals surface area contributed by atoms with E-state index in [4.69, 9.17) is 14.2 Å². The van der Waals surface area contributed by atoms with Crippen molar-refractivity contribution in [3.63, 3.8) is 0 Å². The number of phenols is 2. The molecule has 0 aliphatic heterocycles. The Labute approximate surface area is 181 Å². The highest BCUT2D eigenvalue weighted by atomic mass is 16.5. The zero-order valence-electron chi connectivity index (χ0n) is 17.8. The Morgan fingerprint density at radius 1 is 0.903 bits per heavy atom. The van der Waals surface area contributed by atoms with Crippen LogP contribution in [0.2, 0.25) is 0 Å². The van der Waals surface area contributed by atoms with E-state index in [2.05, 4.69) is 5.32 Å². The second kappa shape index (κ2) is 12.1. The lowest BCUT2D eigenvalue weighted by Crippen LogP contribution is -2.18. The standard InChI is InChI=1S/C24H27NO6/c1-29-13-12-25-19(8-4-17-6-10-21(27)23(14-17)30-2)16-20(26)9-5-18-7-11-22(28)24(15-18)31-3/h4-11,14-16,25,27-28H,12-13H2,1-3H3/b8-4+,9-5+,19-16-. The third kappa shape index (κ3) is 7.56. The minimum absolute atomic E-state index is 0.0338. The molecule has 0 spiro atoms. The fourth-order valence-electron chi connectivity index (χ4n) is 2.62. The van der Waals surface area contributed by atoms with Gasteiger partial charge in [0, 0.05) is 25.4 Å². The summed E-state index contributed by atoms with van der Waals surface area (Å²) in [6.45, 7) is 1.01. The molecule has 0 fully saturated rings. The summed E-state index contributed by atoms with van der Waals surface area (Å²) in [5, 5.41) is 22.5. The molecular weight excluding hydrogens is 398 g/mol. The van der Waals surface area contributed by atoms with Crippen LogP contribution in [0.4, 0.5) is 0 Å². The molecule has 2 rings (SSSR count). The quantitative estimate of drug-likeness (QED) is 0.288. The molecule has 0 saturated carbocycles. The smallest absolute Gasteiger partial charge is 0.180 e. The number of carbonyl (C=O) groups is 1. The molecule has 164 valence electrons. The second-order valence-corrected chi connectivity index (χ2v) is 6.45. The van der Waals surface area contributed by atoms with Gasteiger partial charge in [0.15, 0.2) is 28.8 Å². The van der Waals surface area contributed by atoms with Gasteiger partial charge in [0.1, 0.15) is 0 Å². The topological polar surface area (TPSA) is 97.3 Å². The molecule has 31 heavy (non-hydrogen) atoms. The average Bonchev–Trinajstić information content (AvgIpc) is 2.77. The van der Waals surface area contributed by atoms with Crippen LogP contribution in [-0.4, -0.2) is 50.5 Å². The van der Waals surface area contributed by atoms with Crippen LogP contribution in [0.5, 0.6) is 23.0 Å². The highest BCUT2D eigenvalue weighted by Crippen LogP contribution is 2.27. The normalized spacial score (nSPS) is 11.8. The van der Waals surface area contributed by atoms with Crippen molar-refractivity contribution in [2.45, 2.75) is 0 Å². The molecule has 7 nitrogen and oxygen atoms in total. The molecule has 3 N–H and O–H groups in total. The number of carbonyl (C=O) groups excluding carboxylic acids is 1. The van der Waals surface area contributed by atoms with Gasteiger partial charge in [0.2, 0.25) is 0 Å². The highest BCUT2D eigenvalue weighted by Gasteiger charge is 2.03. The molecule has 0 bridgehead atoms. The van der Waals surface area contributed by atoms with Crippen LogP contribution in [0.1, 0.15) is 11.1 Å². The Kier molecular flexibility index (Phi) is 9.19. The fourth-order valence-corrected chi connectivity index (χ4v) is 2.62. The lowest BCUT2D eigenvalue weighted by molar-refractivity contribution is -0.110. The van der Waals surface area contributed by atoms with Gasteiger partial charge in [-0.2, -0.15) is 0 Å². The van der Waals surface area contributed by atoms with Crippen molar-refractivity contribution < 1.29 is 29.2 Å². The average molecular weight is 425 g/mol. The van der Waals surface area contributed by atoms with Gasteiger partial charge in [0.25, 0.3) is 0 Å². The number of methoxy groups -OCH3 is 3. The van der Waals surface area contributed by atoms with Crippen molar-refractivity contribution in [2.24, 2.45) is 0 Å². The maximum Gasteiger partial charge on any atom is 0.180 e. The minimum atomic E-state index is -0.222. The number of hydrogen-bond acceptors (Lipinski definition) is 7. The summed E-state index contributed by atoms with van der Waals surface area (Å²) in [5.74, 6) is 0.564. The van der Waals surface area contributed by atoms with Crippen molar-refractivity contribution in [2.75, 3.05) is 34.5 Å². The van der Waals surface area contributed by atoms with Crippen LogP contribution >= 0.6 is 0 Å². The van der Waals surface area contributed by atoms with Gasteiger partial charge in [-0.15, -0.1) is 0 Å². The Balaban J connectivity index is 2.18. The fraction of sp³-hybridized carbons (Fsp3) is 0.208. The number of allylic oxidation sites excluding steroid dienone is 3. The van der Waals surface area contributed by atoms with Gasteiger partial charge in [0.05, 0.1) is 20.8 Å². The lowest BCUT2D eigenvalue weighted by atomic mass is 10.1. The zero-order valence-corrected chi connectivity index (χ0v) is 17.8. The summed E-state index contributed by atoms with van der Waals surface area (Å²) >= 11 is 0. The van der Waals surface area contributed by atoms with Gasteiger partial charge >= 0.3 is 0 Å². The monoisotopic (exact) mass is 425 g/mol. The number of ether oxygens (including phenoxy) is 3. The molecule has 7 heteroatoms. The summed E-state index contributed by atoms with van der Waals surface area (Å²) in [4.78, 5) is 12.4. The Morgan fingerprint density at radius 3 is 1.97 bits per heavy atom. The van der Waals surface area contributed by atoms with E-state index >= 15 is 0 Å². The van der Waals surface area contributed by atoms with E-state index in [1.54, 1.807) is 55.7 Å². The summed E-state index contributed by atoms with van der Waals surface area (Å²) in [5.41, 5.74) is 2.12. The predicted octanol–water partition coefficient (Wildman–Crippen LogP) is 3.53. The summed E-state index contributed by atoms with van der Waals surface area (Å²) in [7, 11) is 4.54. The zero-order chi connectivity index (χ0) is 22.6. The molecule has 0 aliphatic carbocycles. The number of ketones is 1. The molecule has 0 saturated heterocycles. The van der Waals surface area contributed by atoms with Crippen LogP contribution < -0.4 is 14.8 Å². The Bertz CT molecular complexity index is 978. The third-order valence-corrected chi connectivity index (χ3v) is 4.24. The summed E-state index contributed by atoms with van der Waals surface area (Å²) in [6, 6.07) is 9.80. The van der Waals surface area contributed by atoms with E-state index < -0.39 is 0 Å². The van der Waals surface area contributed by atoms with E-state index in [0.29, 0.717) is 30.3 Å².